The molecule has 14 rings (SSSR count). The lowest BCUT2D eigenvalue weighted by atomic mass is 9.73. The topological polar surface area (TPSA) is 556 Å². The first-order chi connectivity index (χ1) is 38.0. The van der Waals surface area contributed by atoms with Crippen molar-refractivity contribution < 1.29 is 173 Å². The van der Waals surface area contributed by atoms with Gasteiger partial charge in [0, 0.05) is 17.8 Å². The van der Waals surface area contributed by atoms with Crippen LogP contribution in [-0.2, 0) is 76.0 Å². The second-order valence-corrected chi connectivity index (χ2v) is 21.0. The van der Waals surface area contributed by atoms with Crippen molar-refractivity contribution >= 4 is 17.7 Å². The van der Waals surface area contributed by atoms with Crippen LogP contribution in [-0.4, -0.2) is 357 Å². The molecule has 14 fully saturated rings. The van der Waals surface area contributed by atoms with Gasteiger partial charge in [-0.05, 0) is 0 Å². The van der Waals surface area contributed by atoms with Crippen LogP contribution >= 0.6 is 0 Å². The van der Waals surface area contributed by atoms with E-state index in [4.69, 9.17) is 61.6 Å². The molecule has 14 heterocycles. The number of rotatable bonds is 5. The maximum atomic E-state index is 14.1. The van der Waals surface area contributed by atoms with E-state index in [1.165, 1.54) is 0 Å². The van der Waals surface area contributed by atoms with Crippen molar-refractivity contribution in [3.63, 3.8) is 0 Å². The minimum atomic E-state index is -2.48. The van der Waals surface area contributed by atoms with Gasteiger partial charge in [0.1, 0.15) is 104 Å². The number of ketones is 1. The highest BCUT2D eigenvalue weighted by atomic mass is 16.8. The largest absolute Gasteiger partial charge is 0.456 e. The van der Waals surface area contributed by atoms with E-state index in [0.29, 0.717) is 0 Å². The SMILES string of the molecule is O=C1COC(=O)[C@H]2O[C@H]3O[C@H]4[C@H](O)[C@@H](O)[C@@H](O[C@@H]4CO)[C@H]4[C@H](O)[C@@H](O)[C@@H](O[C@@H]4CO)[C@H]4[C@H](O)[C@@H](O)[C@H](O[C@H]5[C@H](O)[C@@H](O)[C@H](O[C@H]6[C@H](O)[C@@H](O)[C@@H](O[C@@H]6CO)[C@H]6[C@H](O)[C@@H](O)[C@H](O[C@H]2[C@H](O)[C@H]3O)O[C@@H]6CO)O[C@@H]5C(=O)OC1)O[C@@H]4CO. The van der Waals surface area contributed by atoms with Crippen LogP contribution in [0.1, 0.15) is 0 Å². The van der Waals surface area contributed by atoms with Gasteiger partial charge in [0.05, 0.1) is 88.0 Å². The molecular formula is C45H68O35. The summed E-state index contributed by atoms with van der Waals surface area (Å²) in [6, 6.07) is 0. The first-order valence-corrected chi connectivity index (χ1v) is 25.6. The Morgan fingerprint density at radius 2 is 0.525 bits per heavy atom. The number of ether oxygens (including phenoxy) is 13. The van der Waals surface area contributed by atoms with Crippen molar-refractivity contribution in [2.75, 3.05) is 46.2 Å². The van der Waals surface area contributed by atoms with Gasteiger partial charge in [-0.25, -0.2) is 9.59 Å². The van der Waals surface area contributed by atoms with Crippen molar-refractivity contribution in [3.8, 4) is 0 Å². The molecule has 0 spiro atoms. The molecule has 35 nitrogen and oxygen atoms in total. The van der Waals surface area contributed by atoms with Crippen molar-refractivity contribution in [1.82, 2.24) is 0 Å². The Morgan fingerprint density at radius 3 is 0.875 bits per heavy atom. The molecule has 458 valence electrons. The number of esters is 2. The third kappa shape index (κ3) is 11.2. The first kappa shape index (κ1) is 62.0. The van der Waals surface area contributed by atoms with Crippen LogP contribution in [0, 0.1) is 17.8 Å². The fraction of sp³-hybridized carbons (Fsp3) is 0.933. The lowest BCUT2D eigenvalue weighted by Gasteiger charge is -2.54. The molecule has 80 heavy (non-hydrogen) atoms. The molecule has 14 aliphatic heterocycles. The van der Waals surface area contributed by atoms with Gasteiger partial charge in [-0.1, -0.05) is 0 Å². The molecule has 14 bridgehead atoms. The lowest BCUT2D eigenvalue weighted by Crippen LogP contribution is -2.71. The molecule has 14 saturated heterocycles. The smallest absolute Gasteiger partial charge is 0.338 e. The number of aliphatic hydroxyl groups is 19. The van der Waals surface area contributed by atoms with Crippen LogP contribution in [0.25, 0.3) is 0 Å². The van der Waals surface area contributed by atoms with E-state index in [1.54, 1.807) is 0 Å². The van der Waals surface area contributed by atoms with Crippen molar-refractivity contribution in [2.24, 2.45) is 17.8 Å². The van der Waals surface area contributed by atoms with Gasteiger partial charge in [-0.15, -0.1) is 0 Å². The molecule has 35 heteroatoms. The van der Waals surface area contributed by atoms with Gasteiger partial charge in [-0.2, -0.15) is 0 Å². The summed E-state index contributed by atoms with van der Waals surface area (Å²) in [5, 5.41) is 216. The van der Waals surface area contributed by atoms with Gasteiger partial charge < -0.3 is 159 Å². The van der Waals surface area contributed by atoms with E-state index >= 15 is 0 Å². The zero-order valence-corrected chi connectivity index (χ0v) is 41.7. The Bertz CT molecular complexity index is 2100. The van der Waals surface area contributed by atoms with Gasteiger partial charge in [0.25, 0.3) is 0 Å². The Balaban J connectivity index is 1.15. The molecule has 35 atom stereocenters. The molecule has 0 aliphatic carbocycles. The molecule has 0 saturated carbocycles. The van der Waals surface area contributed by atoms with E-state index in [1.807, 2.05) is 0 Å². The number of hydrogen-bond donors (Lipinski definition) is 19. The number of aliphatic hydroxyl groups excluding tert-OH is 19. The Kier molecular flexibility index (Phi) is 19.5. The quantitative estimate of drug-likeness (QED) is 0.114. The highest BCUT2D eigenvalue weighted by Crippen LogP contribution is 2.44. The van der Waals surface area contributed by atoms with Gasteiger partial charge in [0.2, 0.25) is 5.78 Å². The number of Topliss-reactive ketones (excluding diaryl/α,β-unsaturated/α-hetero) is 1. The predicted octanol–water partition coefficient (Wildman–Crippen LogP) is -14.7. The standard InChI is InChI=1S/C45H68O35/c46-1-9-14-17(52)20(55)33(70-9)15-10(2-47)73-42(27(62)18(15)53)77-36-25(60)30(65)45-76-32-13(5-50)72-35(24(59)22(32)57)16-11(3-48)74-43(28(63)19(16)54)78-37-26(61)29(64)44(75-31-12(4-49)71-34(14)23(58)21(31)56)79-39(37)41(67)69-7-8(51)6-68-40(66)38(36)80-45/h9-39,42-50,52-65H,1-7H2/t9-,10-,11-,12-,13-,14-,15-,16-,17+,18+,19+,20-,21-,22-,23-,24-,25-,26-,27-,28-,29-,30-,31-,32-,33+,34+,35+,36+,37+,38+,39+,42+,43+,44-,45-/m1/s1. The first-order valence-electron chi connectivity index (χ1n) is 25.6. The van der Waals surface area contributed by atoms with Gasteiger partial charge in [0.15, 0.2) is 50.6 Å². The zero-order chi connectivity index (χ0) is 58.1. The van der Waals surface area contributed by atoms with Crippen LogP contribution in [0.5, 0.6) is 0 Å². The normalized spacial score (nSPS) is 54.4. The maximum Gasteiger partial charge on any atom is 0.338 e. The molecule has 0 radical (unpaired) electrons. The summed E-state index contributed by atoms with van der Waals surface area (Å²) in [6.07, 6.45) is -70.5. The summed E-state index contributed by atoms with van der Waals surface area (Å²) in [7, 11) is 0. The molecule has 0 amide bonds. The number of fused-ring (bicyclic) bond motifs is 5. The Hall–Kier alpha value is -2.59. The Morgan fingerprint density at radius 1 is 0.275 bits per heavy atom. The summed E-state index contributed by atoms with van der Waals surface area (Å²) >= 11 is 0. The molecule has 0 aromatic heterocycles. The van der Waals surface area contributed by atoms with Crippen LogP contribution in [0.2, 0.25) is 0 Å². The monoisotopic (exact) mass is 1170 g/mol. The van der Waals surface area contributed by atoms with E-state index < -0.39 is 278 Å². The predicted molar refractivity (Wildman–Crippen MR) is 237 cm³/mol. The third-order valence-corrected chi connectivity index (χ3v) is 16.3. The molecule has 0 aromatic carbocycles. The fourth-order valence-electron chi connectivity index (χ4n) is 12.1. The van der Waals surface area contributed by atoms with E-state index in [-0.39, 0.29) is 0 Å². The average molecular weight is 1170 g/mol. The summed E-state index contributed by atoms with van der Waals surface area (Å²) in [4.78, 5) is 41.5. The summed E-state index contributed by atoms with van der Waals surface area (Å²) in [6.45, 7) is -8.32. The van der Waals surface area contributed by atoms with Crippen molar-refractivity contribution in [2.45, 2.75) is 196 Å². The second kappa shape index (κ2) is 25.2. The fourth-order valence-corrected chi connectivity index (χ4v) is 12.1. The summed E-state index contributed by atoms with van der Waals surface area (Å²) < 4.78 is 74.1. The van der Waals surface area contributed by atoms with Crippen LogP contribution in [0.4, 0.5) is 0 Å². The highest BCUT2D eigenvalue weighted by molar-refractivity contribution is 5.87. The number of carbonyl (C=O) groups is 3. The highest BCUT2D eigenvalue weighted by Gasteiger charge is 2.64. The van der Waals surface area contributed by atoms with Gasteiger partial charge in [-0.3, -0.25) is 4.79 Å². The minimum Gasteiger partial charge on any atom is -0.456 e. The van der Waals surface area contributed by atoms with Crippen molar-refractivity contribution in [1.29, 1.82) is 0 Å². The molecule has 0 aromatic rings. The van der Waals surface area contributed by atoms with Crippen LogP contribution < -0.4 is 0 Å². The van der Waals surface area contributed by atoms with Crippen molar-refractivity contribution in [3.05, 3.63) is 0 Å². The molecular weight excluding hydrogens is 1100 g/mol. The van der Waals surface area contributed by atoms with Crippen LogP contribution in [0.15, 0.2) is 0 Å². The summed E-state index contributed by atoms with van der Waals surface area (Å²) in [5.74, 6) is -10.0. The third-order valence-electron chi connectivity index (χ3n) is 16.3. The summed E-state index contributed by atoms with van der Waals surface area (Å²) in [5.41, 5.74) is 0. The number of carbonyl (C=O) groups excluding carboxylic acids is 3. The van der Waals surface area contributed by atoms with E-state index in [9.17, 15) is 111 Å². The van der Waals surface area contributed by atoms with E-state index in [2.05, 4.69) is 0 Å². The zero-order valence-electron chi connectivity index (χ0n) is 41.7. The average Bonchev–Trinajstić information content (AvgIpc) is 3.45. The van der Waals surface area contributed by atoms with E-state index in [0.717, 1.165) is 0 Å². The minimum absolute atomic E-state index is 1.09. The second-order valence-electron chi connectivity index (χ2n) is 21.0. The molecule has 14 aliphatic rings. The molecule has 19 N–H and O–H groups in total. The van der Waals surface area contributed by atoms with Gasteiger partial charge >= 0.3 is 11.9 Å². The Labute approximate surface area is 450 Å². The molecule has 0 unspecified atom stereocenters. The maximum absolute atomic E-state index is 14.1. The lowest BCUT2D eigenvalue weighted by molar-refractivity contribution is -0.383. The number of hydrogen-bond acceptors (Lipinski definition) is 35. The van der Waals surface area contributed by atoms with Crippen LogP contribution in [0.3, 0.4) is 0 Å².